The summed E-state index contributed by atoms with van der Waals surface area (Å²) in [5.41, 5.74) is 1.49. The van der Waals surface area contributed by atoms with Crippen molar-refractivity contribution in [2.24, 2.45) is 0 Å². The SMILES string of the molecule is CN1CCc2c(sc(Br)c2C(=O)O)C1. The molecule has 0 radical (unpaired) electrons. The van der Waals surface area contributed by atoms with E-state index >= 15 is 0 Å². The zero-order valence-electron chi connectivity index (χ0n) is 7.71. The number of fused-ring (bicyclic) bond motifs is 1. The van der Waals surface area contributed by atoms with E-state index in [1.807, 2.05) is 0 Å². The molecule has 2 heterocycles. The third-order valence-corrected chi connectivity index (χ3v) is 4.31. The lowest BCUT2D eigenvalue weighted by Crippen LogP contribution is -2.26. The van der Waals surface area contributed by atoms with Crippen LogP contribution in [0, 0.1) is 0 Å². The topological polar surface area (TPSA) is 40.5 Å². The van der Waals surface area contributed by atoms with Crippen LogP contribution in [0.4, 0.5) is 0 Å². The van der Waals surface area contributed by atoms with Gasteiger partial charge < -0.3 is 10.0 Å². The number of nitrogens with zero attached hydrogens (tertiary/aromatic N) is 1. The highest BCUT2D eigenvalue weighted by atomic mass is 79.9. The Morgan fingerprint density at radius 3 is 3.00 bits per heavy atom. The first kappa shape index (κ1) is 10.1. The highest BCUT2D eigenvalue weighted by molar-refractivity contribution is 9.11. The second kappa shape index (κ2) is 3.64. The molecule has 1 aliphatic rings. The molecule has 76 valence electrons. The number of hydrogen-bond donors (Lipinski definition) is 1. The first-order chi connectivity index (χ1) is 6.59. The zero-order chi connectivity index (χ0) is 10.3. The third-order valence-electron chi connectivity index (χ3n) is 2.42. The summed E-state index contributed by atoms with van der Waals surface area (Å²) in [4.78, 5) is 14.4. The maximum atomic E-state index is 11.0. The number of rotatable bonds is 1. The van der Waals surface area contributed by atoms with Gasteiger partial charge in [0.25, 0.3) is 0 Å². The first-order valence-corrected chi connectivity index (χ1v) is 5.92. The molecular formula is C9H10BrNO2S. The molecule has 0 aromatic carbocycles. The number of carboxylic acid groups (broad SMARTS) is 1. The summed E-state index contributed by atoms with van der Waals surface area (Å²) in [6.07, 6.45) is 0.843. The van der Waals surface area contributed by atoms with Crippen LogP contribution in [0.1, 0.15) is 20.8 Å². The van der Waals surface area contributed by atoms with E-state index in [1.54, 1.807) is 11.3 Å². The molecule has 1 aromatic heterocycles. The second-order valence-corrected chi connectivity index (χ2v) is 5.87. The lowest BCUT2D eigenvalue weighted by atomic mass is 10.0. The van der Waals surface area contributed by atoms with E-state index in [4.69, 9.17) is 5.11 Å². The summed E-state index contributed by atoms with van der Waals surface area (Å²) in [7, 11) is 2.05. The van der Waals surface area contributed by atoms with Gasteiger partial charge >= 0.3 is 5.97 Å². The smallest absolute Gasteiger partial charge is 0.338 e. The van der Waals surface area contributed by atoms with Crippen molar-refractivity contribution in [2.75, 3.05) is 13.6 Å². The maximum absolute atomic E-state index is 11.0. The van der Waals surface area contributed by atoms with Gasteiger partial charge in [-0.05, 0) is 35.0 Å². The number of halogens is 1. The van der Waals surface area contributed by atoms with Gasteiger partial charge in [0.05, 0.1) is 9.35 Å². The van der Waals surface area contributed by atoms with Crippen LogP contribution in [0.3, 0.4) is 0 Å². The van der Waals surface area contributed by atoms with Crippen molar-refractivity contribution < 1.29 is 9.90 Å². The average Bonchev–Trinajstić information content (AvgIpc) is 2.39. The Labute approximate surface area is 94.5 Å². The molecule has 0 spiro atoms. The molecule has 5 heteroatoms. The van der Waals surface area contributed by atoms with E-state index in [2.05, 4.69) is 27.9 Å². The number of thiophene rings is 1. The van der Waals surface area contributed by atoms with Crippen molar-refractivity contribution in [1.82, 2.24) is 4.90 Å². The predicted octanol–water partition coefficient (Wildman–Crippen LogP) is 2.20. The summed E-state index contributed by atoms with van der Waals surface area (Å²) >= 11 is 4.86. The van der Waals surface area contributed by atoms with Gasteiger partial charge in [-0.3, -0.25) is 0 Å². The van der Waals surface area contributed by atoms with E-state index in [0.717, 1.165) is 28.9 Å². The molecule has 14 heavy (non-hydrogen) atoms. The molecule has 1 N–H and O–H groups in total. The number of carboxylic acids is 1. The van der Waals surface area contributed by atoms with Crippen LogP contribution >= 0.6 is 27.3 Å². The number of hydrogen-bond acceptors (Lipinski definition) is 3. The van der Waals surface area contributed by atoms with E-state index < -0.39 is 5.97 Å². The summed E-state index contributed by atoms with van der Waals surface area (Å²) in [5.74, 6) is -0.820. The van der Waals surface area contributed by atoms with Gasteiger partial charge in [-0.2, -0.15) is 0 Å². The van der Waals surface area contributed by atoms with Gasteiger partial charge in [-0.1, -0.05) is 0 Å². The van der Waals surface area contributed by atoms with Crippen molar-refractivity contribution in [3.8, 4) is 0 Å². The molecule has 1 aliphatic heterocycles. The molecule has 0 aliphatic carbocycles. The van der Waals surface area contributed by atoms with E-state index in [0.29, 0.717) is 5.56 Å². The fourth-order valence-corrected chi connectivity index (χ4v) is 3.85. The number of likely N-dealkylation sites (N-methyl/N-ethyl adjacent to an activating group) is 1. The van der Waals surface area contributed by atoms with Gasteiger partial charge in [0.15, 0.2) is 0 Å². The van der Waals surface area contributed by atoms with Crippen LogP contribution in [-0.4, -0.2) is 29.6 Å². The Hall–Kier alpha value is -0.390. The van der Waals surface area contributed by atoms with Crippen LogP contribution in [0.15, 0.2) is 3.79 Å². The minimum Gasteiger partial charge on any atom is -0.478 e. The molecule has 1 aromatic rings. The van der Waals surface area contributed by atoms with Crippen LogP contribution in [0.25, 0.3) is 0 Å². The molecule has 3 nitrogen and oxygen atoms in total. The summed E-state index contributed by atoms with van der Waals surface area (Å²) in [5, 5.41) is 9.04. The molecular weight excluding hydrogens is 266 g/mol. The summed E-state index contributed by atoms with van der Waals surface area (Å²) in [6.45, 7) is 1.81. The van der Waals surface area contributed by atoms with Gasteiger partial charge in [0, 0.05) is 18.0 Å². The Bertz CT molecular complexity index is 388. The van der Waals surface area contributed by atoms with Crippen molar-refractivity contribution >= 4 is 33.2 Å². The summed E-state index contributed by atoms with van der Waals surface area (Å²) < 4.78 is 0.755. The average molecular weight is 276 g/mol. The lowest BCUT2D eigenvalue weighted by Gasteiger charge is -2.22. The Morgan fingerprint density at radius 1 is 1.64 bits per heavy atom. The molecule has 0 bridgehead atoms. The lowest BCUT2D eigenvalue weighted by molar-refractivity contribution is 0.0694. The van der Waals surface area contributed by atoms with Gasteiger partial charge in [-0.15, -0.1) is 11.3 Å². The van der Waals surface area contributed by atoms with Crippen molar-refractivity contribution in [1.29, 1.82) is 0 Å². The van der Waals surface area contributed by atoms with Crippen molar-refractivity contribution in [3.05, 3.63) is 19.8 Å². The second-order valence-electron chi connectivity index (χ2n) is 3.45. The molecule has 2 rings (SSSR count). The van der Waals surface area contributed by atoms with Crippen LogP contribution in [0.5, 0.6) is 0 Å². The third kappa shape index (κ3) is 1.60. The largest absolute Gasteiger partial charge is 0.478 e. The van der Waals surface area contributed by atoms with E-state index in [1.165, 1.54) is 4.88 Å². The first-order valence-electron chi connectivity index (χ1n) is 4.31. The highest BCUT2D eigenvalue weighted by Gasteiger charge is 2.25. The minimum atomic E-state index is -0.820. The molecule has 0 saturated heterocycles. The van der Waals surface area contributed by atoms with Gasteiger partial charge in [0.1, 0.15) is 0 Å². The van der Waals surface area contributed by atoms with Crippen molar-refractivity contribution in [3.63, 3.8) is 0 Å². The molecule has 0 amide bonds. The molecule has 0 saturated carbocycles. The minimum absolute atomic E-state index is 0.470. The Morgan fingerprint density at radius 2 is 2.36 bits per heavy atom. The van der Waals surface area contributed by atoms with Crippen molar-refractivity contribution in [2.45, 2.75) is 13.0 Å². The summed E-state index contributed by atoms with van der Waals surface area (Å²) in [6, 6.07) is 0. The van der Waals surface area contributed by atoms with E-state index in [-0.39, 0.29) is 0 Å². The molecule has 0 atom stereocenters. The standard InChI is InChI=1S/C9H10BrNO2S/c1-11-3-2-5-6(4-11)14-8(10)7(5)9(12)13/h2-4H2,1H3,(H,12,13). The molecule has 0 unspecified atom stereocenters. The monoisotopic (exact) mass is 275 g/mol. The fraction of sp³-hybridized carbons (Fsp3) is 0.444. The molecule has 0 fully saturated rings. The quantitative estimate of drug-likeness (QED) is 0.854. The van der Waals surface area contributed by atoms with Crippen LogP contribution in [-0.2, 0) is 13.0 Å². The highest BCUT2D eigenvalue weighted by Crippen LogP contribution is 2.36. The zero-order valence-corrected chi connectivity index (χ0v) is 10.1. The van der Waals surface area contributed by atoms with Gasteiger partial charge in [-0.25, -0.2) is 4.79 Å². The maximum Gasteiger partial charge on any atom is 0.338 e. The van der Waals surface area contributed by atoms with E-state index in [9.17, 15) is 4.79 Å². The Balaban J connectivity index is 2.49. The van der Waals surface area contributed by atoms with Gasteiger partial charge in [0.2, 0.25) is 0 Å². The fourth-order valence-electron chi connectivity index (χ4n) is 1.71. The predicted molar refractivity (Wildman–Crippen MR) is 59.0 cm³/mol. The normalized spacial score (nSPS) is 16.7. The van der Waals surface area contributed by atoms with Crippen LogP contribution in [0.2, 0.25) is 0 Å². The van der Waals surface area contributed by atoms with Crippen LogP contribution < -0.4 is 0 Å². The number of aromatic carboxylic acids is 1. The number of carbonyl (C=O) groups is 1. The Kier molecular flexibility index (Phi) is 2.64.